The van der Waals surface area contributed by atoms with Crippen LogP contribution in [0.15, 0.2) is 0 Å². The molecule has 5 heteroatoms. The van der Waals surface area contributed by atoms with Gasteiger partial charge in [-0.3, -0.25) is 9.69 Å². The maximum Gasteiger partial charge on any atom is 0.222 e. The summed E-state index contributed by atoms with van der Waals surface area (Å²) in [6, 6.07) is 0.706. The van der Waals surface area contributed by atoms with E-state index in [0.717, 1.165) is 64.5 Å². The van der Waals surface area contributed by atoms with Crippen LogP contribution in [0.4, 0.5) is 0 Å². The minimum Gasteiger partial charge on any atom is -0.389 e. The van der Waals surface area contributed by atoms with Crippen molar-refractivity contribution in [3.8, 4) is 0 Å². The molecular formula is C20H36N2O3. The van der Waals surface area contributed by atoms with Gasteiger partial charge in [-0.25, -0.2) is 0 Å². The SMILES string of the molecule is COCCN1C(=O)CCC[C@@H]2[C@H]1CCCN2CC1(O)CCCCCC1. The molecule has 25 heavy (non-hydrogen) atoms. The Morgan fingerprint density at radius 1 is 1.08 bits per heavy atom. The molecule has 1 saturated carbocycles. The predicted octanol–water partition coefficient (Wildman–Crippen LogP) is 2.56. The number of methoxy groups -OCH3 is 1. The highest BCUT2D eigenvalue weighted by Gasteiger charge is 2.41. The highest BCUT2D eigenvalue weighted by Crippen LogP contribution is 2.34. The van der Waals surface area contributed by atoms with Crippen LogP contribution in [0, 0.1) is 0 Å². The van der Waals surface area contributed by atoms with Crippen LogP contribution in [-0.2, 0) is 9.53 Å². The third kappa shape index (κ3) is 4.75. The number of amides is 1. The third-order valence-corrected chi connectivity index (χ3v) is 6.54. The molecule has 0 aromatic carbocycles. The van der Waals surface area contributed by atoms with Crippen molar-refractivity contribution in [1.29, 1.82) is 0 Å². The van der Waals surface area contributed by atoms with E-state index < -0.39 is 5.60 Å². The van der Waals surface area contributed by atoms with Crippen LogP contribution in [0.5, 0.6) is 0 Å². The minimum absolute atomic E-state index is 0.291. The van der Waals surface area contributed by atoms with Crippen LogP contribution in [-0.4, -0.2) is 71.8 Å². The Balaban J connectivity index is 1.71. The average Bonchev–Trinajstić information content (AvgIpc) is 2.90. The summed E-state index contributed by atoms with van der Waals surface area (Å²) in [5.74, 6) is 0.291. The van der Waals surface area contributed by atoms with E-state index in [2.05, 4.69) is 9.80 Å². The molecule has 0 aromatic heterocycles. The molecule has 5 nitrogen and oxygen atoms in total. The van der Waals surface area contributed by atoms with Crippen LogP contribution in [0.1, 0.15) is 70.6 Å². The maximum absolute atomic E-state index is 12.6. The summed E-state index contributed by atoms with van der Waals surface area (Å²) < 4.78 is 5.24. The number of β-amino-alcohol motifs (C(OH)–C–C–N with tert-alkyl or cyclic N) is 1. The van der Waals surface area contributed by atoms with Crippen molar-refractivity contribution in [1.82, 2.24) is 9.80 Å². The molecule has 1 amide bonds. The topological polar surface area (TPSA) is 53.0 Å². The summed E-state index contributed by atoms with van der Waals surface area (Å²) in [7, 11) is 1.70. The fourth-order valence-corrected chi connectivity index (χ4v) is 5.23. The Morgan fingerprint density at radius 2 is 1.80 bits per heavy atom. The van der Waals surface area contributed by atoms with Gasteiger partial charge in [0.1, 0.15) is 0 Å². The molecule has 3 fully saturated rings. The Hall–Kier alpha value is -0.650. The fraction of sp³-hybridized carbons (Fsp3) is 0.950. The van der Waals surface area contributed by atoms with E-state index in [9.17, 15) is 9.90 Å². The lowest BCUT2D eigenvalue weighted by Gasteiger charge is -2.47. The lowest BCUT2D eigenvalue weighted by Crippen LogP contribution is -2.59. The number of piperidine rings is 1. The van der Waals surface area contributed by atoms with E-state index in [-0.39, 0.29) is 0 Å². The van der Waals surface area contributed by atoms with Gasteiger partial charge in [-0.15, -0.1) is 0 Å². The third-order valence-electron chi connectivity index (χ3n) is 6.54. The Morgan fingerprint density at radius 3 is 2.52 bits per heavy atom. The number of carbonyl (C=O) groups excluding carboxylic acids is 1. The molecule has 0 radical (unpaired) electrons. The van der Waals surface area contributed by atoms with Gasteiger partial charge in [0.2, 0.25) is 5.91 Å². The van der Waals surface area contributed by atoms with Crippen LogP contribution < -0.4 is 0 Å². The molecule has 0 unspecified atom stereocenters. The van der Waals surface area contributed by atoms with E-state index in [1.54, 1.807) is 7.11 Å². The Kier molecular flexibility index (Phi) is 6.75. The van der Waals surface area contributed by atoms with E-state index in [1.165, 1.54) is 12.8 Å². The lowest BCUT2D eigenvalue weighted by molar-refractivity contribution is -0.136. The standard InChI is InChI=1S/C20H36N2O3/c1-25-15-14-22-18-9-7-13-21(17(18)8-6-10-19(22)23)16-20(24)11-4-2-3-5-12-20/h17-18,24H,2-16H2,1H3/t17-,18-/m1/s1. The molecule has 3 aliphatic rings. The summed E-state index contributed by atoms with van der Waals surface area (Å²) in [6.45, 7) is 3.17. The normalized spacial score (nSPS) is 31.3. The number of rotatable bonds is 5. The van der Waals surface area contributed by atoms with Gasteiger partial charge in [0.15, 0.2) is 0 Å². The summed E-state index contributed by atoms with van der Waals surface area (Å²) in [4.78, 5) is 17.2. The zero-order valence-corrected chi connectivity index (χ0v) is 15.9. The molecule has 3 rings (SSSR count). The highest BCUT2D eigenvalue weighted by atomic mass is 16.5. The highest BCUT2D eigenvalue weighted by molar-refractivity contribution is 5.77. The Labute approximate surface area is 152 Å². The lowest BCUT2D eigenvalue weighted by atomic mass is 9.88. The molecule has 0 spiro atoms. The van der Waals surface area contributed by atoms with Crippen molar-refractivity contribution in [2.45, 2.75) is 88.3 Å². The van der Waals surface area contributed by atoms with Gasteiger partial charge in [-0.2, -0.15) is 0 Å². The van der Waals surface area contributed by atoms with Gasteiger partial charge in [-0.05, 0) is 45.1 Å². The van der Waals surface area contributed by atoms with Crippen molar-refractivity contribution < 1.29 is 14.6 Å². The van der Waals surface area contributed by atoms with Crippen molar-refractivity contribution in [3.05, 3.63) is 0 Å². The Bertz CT molecular complexity index is 435. The van der Waals surface area contributed by atoms with Gasteiger partial charge < -0.3 is 14.7 Å². The summed E-state index contributed by atoms with van der Waals surface area (Å²) >= 11 is 0. The first kappa shape index (κ1) is 19.1. The molecule has 144 valence electrons. The molecule has 0 aromatic rings. The molecule has 2 heterocycles. The second-order valence-corrected chi connectivity index (χ2v) is 8.36. The number of hydrogen-bond donors (Lipinski definition) is 1. The van der Waals surface area contributed by atoms with E-state index in [1.807, 2.05) is 0 Å². The molecule has 2 atom stereocenters. The van der Waals surface area contributed by atoms with Crippen LogP contribution >= 0.6 is 0 Å². The van der Waals surface area contributed by atoms with E-state index in [4.69, 9.17) is 4.74 Å². The number of fused-ring (bicyclic) bond motifs is 1. The second kappa shape index (κ2) is 8.83. The molecule has 2 aliphatic heterocycles. The smallest absolute Gasteiger partial charge is 0.222 e. The second-order valence-electron chi connectivity index (χ2n) is 8.36. The van der Waals surface area contributed by atoms with E-state index >= 15 is 0 Å². The quantitative estimate of drug-likeness (QED) is 0.773. The first-order valence-electron chi connectivity index (χ1n) is 10.4. The van der Waals surface area contributed by atoms with Crippen molar-refractivity contribution in [3.63, 3.8) is 0 Å². The van der Waals surface area contributed by atoms with Crippen LogP contribution in [0.3, 0.4) is 0 Å². The molecule has 1 aliphatic carbocycles. The first-order valence-corrected chi connectivity index (χ1v) is 10.4. The number of likely N-dealkylation sites (tertiary alicyclic amines) is 2. The van der Waals surface area contributed by atoms with Gasteiger partial charge in [0.05, 0.1) is 12.2 Å². The monoisotopic (exact) mass is 352 g/mol. The van der Waals surface area contributed by atoms with Crippen molar-refractivity contribution in [2.75, 3.05) is 33.4 Å². The molecule has 1 N–H and O–H groups in total. The fourth-order valence-electron chi connectivity index (χ4n) is 5.23. The number of aliphatic hydroxyl groups is 1. The van der Waals surface area contributed by atoms with Gasteiger partial charge in [0, 0.05) is 38.7 Å². The number of nitrogens with zero attached hydrogens (tertiary/aromatic N) is 2. The summed E-state index contributed by atoms with van der Waals surface area (Å²) in [5.41, 5.74) is -0.522. The summed E-state index contributed by atoms with van der Waals surface area (Å²) in [6.07, 6.45) is 11.6. The van der Waals surface area contributed by atoms with Gasteiger partial charge >= 0.3 is 0 Å². The van der Waals surface area contributed by atoms with Crippen molar-refractivity contribution >= 4 is 5.91 Å². The first-order chi connectivity index (χ1) is 12.1. The van der Waals surface area contributed by atoms with Crippen LogP contribution in [0.2, 0.25) is 0 Å². The minimum atomic E-state index is -0.522. The zero-order valence-electron chi connectivity index (χ0n) is 15.9. The maximum atomic E-state index is 12.6. The number of hydrogen-bond acceptors (Lipinski definition) is 4. The van der Waals surface area contributed by atoms with Crippen LogP contribution in [0.25, 0.3) is 0 Å². The molecule has 0 bridgehead atoms. The number of ether oxygens (including phenoxy) is 1. The molecular weight excluding hydrogens is 316 g/mol. The van der Waals surface area contributed by atoms with E-state index in [0.29, 0.717) is 37.6 Å². The van der Waals surface area contributed by atoms with Crippen molar-refractivity contribution in [2.24, 2.45) is 0 Å². The number of carbonyl (C=O) groups is 1. The van der Waals surface area contributed by atoms with Gasteiger partial charge in [0.25, 0.3) is 0 Å². The summed E-state index contributed by atoms with van der Waals surface area (Å²) in [5, 5.41) is 11.2. The zero-order chi connectivity index (χ0) is 17.7. The largest absolute Gasteiger partial charge is 0.389 e. The predicted molar refractivity (Wildman–Crippen MR) is 98.5 cm³/mol. The molecule has 2 saturated heterocycles. The average molecular weight is 353 g/mol. The van der Waals surface area contributed by atoms with Gasteiger partial charge in [-0.1, -0.05) is 25.7 Å².